The fourth-order valence-electron chi connectivity index (χ4n) is 3.12. The second-order valence-electron chi connectivity index (χ2n) is 7.05. The van der Waals surface area contributed by atoms with Crippen molar-refractivity contribution in [2.75, 3.05) is 0 Å². The van der Waals surface area contributed by atoms with E-state index in [2.05, 4.69) is 16.0 Å². The zero-order chi connectivity index (χ0) is 23.9. The van der Waals surface area contributed by atoms with Crippen LogP contribution in [0.25, 0.3) is 33.6 Å². The summed E-state index contributed by atoms with van der Waals surface area (Å²) in [5.41, 5.74) is 3.08. The van der Waals surface area contributed by atoms with Gasteiger partial charge >= 0.3 is 0 Å². The van der Waals surface area contributed by atoms with E-state index in [0.29, 0.717) is 0 Å². The van der Waals surface area contributed by atoms with Crippen molar-refractivity contribution in [1.82, 2.24) is 9.97 Å². The number of rotatable bonds is 3. The molecule has 0 spiro atoms. The molecule has 2 aromatic heterocycles. The van der Waals surface area contributed by atoms with E-state index in [1.165, 1.54) is 12.3 Å². The van der Waals surface area contributed by atoms with Crippen LogP contribution in [0, 0.1) is 35.4 Å². The molecule has 3 aromatic carbocycles. The fourth-order valence-corrected chi connectivity index (χ4v) is 3.12. The molecule has 0 saturated heterocycles. The quantitative estimate of drug-likeness (QED) is 0.0888. The molecule has 0 aliphatic heterocycles. The molecule has 0 bridgehead atoms. The monoisotopic (exact) mass is 649 g/mol. The molecular formula is C28H16F4IrN2-2. The first kappa shape index (κ1) is 25.9. The average molecular weight is 649 g/mol. The van der Waals surface area contributed by atoms with Gasteiger partial charge in [-0.1, -0.05) is 66.2 Å². The van der Waals surface area contributed by atoms with Crippen molar-refractivity contribution in [2.45, 2.75) is 0 Å². The van der Waals surface area contributed by atoms with Gasteiger partial charge < -0.3 is 9.97 Å². The van der Waals surface area contributed by atoms with E-state index in [-0.39, 0.29) is 25.8 Å². The van der Waals surface area contributed by atoms with Crippen LogP contribution in [0.4, 0.5) is 17.6 Å². The molecule has 0 saturated carbocycles. The molecule has 2 nitrogen and oxygen atoms in total. The van der Waals surface area contributed by atoms with Crippen LogP contribution in [0.15, 0.2) is 97.3 Å². The van der Waals surface area contributed by atoms with Crippen molar-refractivity contribution in [3.8, 4) is 33.6 Å². The molecule has 35 heavy (non-hydrogen) atoms. The standard InChI is InChI=1S/C17H8F4N.C11H8N.Ir/c18-13-8-12(15(19)17(21)16(13)20)14-7-6-11(9-22-14)10-4-2-1-3-5-10;1-2-6-10(7-3-1)11-8-4-5-9-12-11;/h1-7,9H;1-6,8-9H;/q2*-1;. The summed E-state index contributed by atoms with van der Waals surface area (Å²) in [6.45, 7) is 0. The Kier molecular flexibility index (Phi) is 9.01. The van der Waals surface area contributed by atoms with Crippen LogP contribution in [0.2, 0.25) is 0 Å². The van der Waals surface area contributed by atoms with Crippen LogP contribution in [0.1, 0.15) is 0 Å². The third kappa shape index (κ3) is 6.27. The number of aromatic nitrogens is 2. The second-order valence-corrected chi connectivity index (χ2v) is 7.05. The third-order valence-electron chi connectivity index (χ3n) is 4.81. The molecule has 5 aromatic rings. The molecule has 177 valence electrons. The predicted octanol–water partition coefficient (Wildman–Crippen LogP) is 7.32. The maximum absolute atomic E-state index is 13.7. The average Bonchev–Trinajstić information content (AvgIpc) is 2.91. The second kappa shape index (κ2) is 12.2. The number of hydrogen-bond donors (Lipinski definition) is 0. The minimum absolute atomic E-state index is 0. The number of nitrogens with zero attached hydrogens (tertiary/aromatic N) is 2. The molecule has 1 radical (unpaired) electrons. The molecule has 0 unspecified atom stereocenters. The van der Waals surface area contributed by atoms with Crippen LogP contribution in [0.3, 0.4) is 0 Å². The maximum atomic E-state index is 13.7. The van der Waals surface area contributed by atoms with Crippen LogP contribution < -0.4 is 0 Å². The summed E-state index contributed by atoms with van der Waals surface area (Å²) in [5, 5.41) is 0. The van der Waals surface area contributed by atoms with Gasteiger partial charge in [-0.25, -0.2) is 8.78 Å². The molecule has 2 heterocycles. The van der Waals surface area contributed by atoms with E-state index in [4.69, 9.17) is 0 Å². The Hall–Kier alpha value is -3.67. The van der Waals surface area contributed by atoms with Crippen LogP contribution in [0.5, 0.6) is 0 Å². The van der Waals surface area contributed by atoms with Crippen LogP contribution >= 0.6 is 0 Å². The first-order valence-corrected chi connectivity index (χ1v) is 10.2. The van der Waals surface area contributed by atoms with Gasteiger partial charge in [-0.3, -0.25) is 8.78 Å². The number of pyridine rings is 2. The summed E-state index contributed by atoms with van der Waals surface area (Å²) in [7, 11) is 0. The normalized spacial score (nSPS) is 10.1. The Labute approximate surface area is 213 Å². The van der Waals surface area contributed by atoms with Gasteiger partial charge in [-0.15, -0.1) is 35.9 Å². The summed E-state index contributed by atoms with van der Waals surface area (Å²) >= 11 is 0. The molecule has 5 rings (SSSR count). The Morgan fingerprint density at radius 3 is 1.97 bits per heavy atom. The smallest absolute Gasteiger partial charge is 0.114 e. The van der Waals surface area contributed by atoms with Crippen molar-refractivity contribution in [3.05, 3.63) is 133 Å². The van der Waals surface area contributed by atoms with Crippen molar-refractivity contribution in [1.29, 1.82) is 0 Å². The van der Waals surface area contributed by atoms with Gasteiger partial charge in [0.1, 0.15) is 11.6 Å². The summed E-state index contributed by atoms with van der Waals surface area (Å²) in [6, 6.07) is 31.0. The van der Waals surface area contributed by atoms with E-state index in [0.717, 1.165) is 22.4 Å². The minimum atomic E-state index is -1.89. The topological polar surface area (TPSA) is 25.8 Å². The van der Waals surface area contributed by atoms with Gasteiger partial charge in [-0.05, 0) is 28.6 Å². The molecule has 0 N–H and O–H groups in total. The summed E-state index contributed by atoms with van der Waals surface area (Å²) in [4.78, 5) is 8.19. The van der Waals surface area contributed by atoms with E-state index < -0.39 is 28.8 Å². The largest absolute Gasteiger partial charge is 0.305 e. The van der Waals surface area contributed by atoms with E-state index in [1.807, 2.05) is 78.9 Å². The van der Waals surface area contributed by atoms with Crippen molar-refractivity contribution >= 4 is 0 Å². The van der Waals surface area contributed by atoms with Gasteiger partial charge in [-0.2, -0.15) is 0 Å². The van der Waals surface area contributed by atoms with E-state index in [1.54, 1.807) is 12.3 Å². The molecule has 0 fully saturated rings. The minimum Gasteiger partial charge on any atom is -0.305 e. The van der Waals surface area contributed by atoms with E-state index >= 15 is 0 Å². The third-order valence-corrected chi connectivity index (χ3v) is 4.81. The zero-order valence-corrected chi connectivity index (χ0v) is 20.4. The first-order chi connectivity index (χ1) is 16.5. The number of halogens is 4. The summed E-state index contributed by atoms with van der Waals surface area (Å²) < 4.78 is 53.1. The van der Waals surface area contributed by atoms with Crippen molar-refractivity contribution < 1.29 is 37.7 Å². The molecule has 0 atom stereocenters. The van der Waals surface area contributed by atoms with Crippen molar-refractivity contribution in [3.63, 3.8) is 0 Å². The molecular weight excluding hydrogens is 633 g/mol. The van der Waals surface area contributed by atoms with Crippen LogP contribution in [-0.2, 0) is 20.1 Å². The van der Waals surface area contributed by atoms with E-state index in [9.17, 15) is 17.6 Å². The predicted molar refractivity (Wildman–Crippen MR) is 122 cm³/mol. The van der Waals surface area contributed by atoms with Gasteiger partial charge in [0.15, 0.2) is 0 Å². The number of benzene rings is 3. The van der Waals surface area contributed by atoms with Gasteiger partial charge in [0.2, 0.25) is 0 Å². The molecule has 0 aliphatic carbocycles. The van der Waals surface area contributed by atoms with Crippen LogP contribution in [-0.4, -0.2) is 9.97 Å². The Balaban J connectivity index is 0.000000223. The summed E-state index contributed by atoms with van der Waals surface area (Å²) in [5.74, 6) is -6.86. The van der Waals surface area contributed by atoms with Gasteiger partial charge in [0, 0.05) is 32.5 Å². The molecule has 0 aliphatic rings. The first-order valence-electron chi connectivity index (χ1n) is 10.2. The maximum Gasteiger partial charge on any atom is 0.114 e. The zero-order valence-electron chi connectivity index (χ0n) is 18.0. The molecule has 0 amide bonds. The Morgan fingerprint density at radius 1 is 0.600 bits per heavy atom. The summed E-state index contributed by atoms with van der Waals surface area (Å²) in [6.07, 6.45) is 3.23. The Bertz CT molecular complexity index is 1330. The van der Waals surface area contributed by atoms with Gasteiger partial charge in [0.25, 0.3) is 0 Å². The van der Waals surface area contributed by atoms with Gasteiger partial charge in [0.05, 0.1) is 11.6 Å². The Morgan fingerprint density at radius 2 is 1.34 bits per heavy atom. The van der Waals surface area contributed by atoms with Crippen molar-refractivity contribution in [2.24, 2.45) is 0 Å². The molecule has 7 heteroatoms. The SMILES string of the molecule is Fc1[c-]c(-c2ccc(-c3ccccc3)cn2)c(F)c(F)c1F.[Ir].[c-]1ccccc1-c1ccccn1. The number of hydrogen-bond acceptors (Lipinski definition) is 2. The fraction of sp³-hybridized carbons (Fsp3) is 0.